The van der Waals surface area contributed by atoms with Crippen LogP contribution < -0.4 is 10.6 Å². The number of rotatable bonds is 4. The van der Waals surface area contributed by atoms with Gasteiger partial charge in [0, 0.05) is 6.07 Å². The van der Waals surface area contributed by atoms with E-state index in [0.29, 0.717) is 24.5 Å². The summed E-state index contributed by atoms with van der Waals surface area (Å²) in [7, 11) is 0. The van der Waals surface area contributed by atoms with Crippen LogP contribution in [-0.2, 0) is 11.3 Å². The minimum atomic E-state index is -1.15. The third-order valence-electron chi connectivity index (χ3n) is 3.81. The normalized spacial score (nSPS) is 25.9. The van der Waals surface area contributed by atoms with Crippen LogP contribution in [-0.4, -0.2) is 27.8 Å². The van der Waals surface area contributed by atoms with E-state index in [1.165, 1.54) is 6.26 Å². The van der Waals surface area contributed by atoms with Crippen LogP contribution in [0.15, 0.2) is 16.9 Å². The average Bonchev–Trinajstić information content (AvgIpc) is 2.92. The monoisotopic (exact) mass is 281 g/mol. The Hall–Kier alpha value is -2.05. The van der Waals surface area contributed by atoms with Gasteiger partial charge in [0.15, 0.2) is 0 Å². The molecule has 1 aromatic rings. The van der Waals surface area contributed by atoms with Crippen LogP contribution in [0.4, 0.5) is 4.79 Å². The first-order valence-electron chi connectivity index (χ1n) is 6.70. The highest BCUT2D eigenvalue weighted by Crippen LogP contribution is 2.32. The molecule has 1 aliphatic rings. The predicted molar refractivity (Wildman–Crippen MR) is 69.9 cm³/mol. The number of aromatic nitrogens is 1. The number of hydrogen-bond acceptors (Lipinski definition) is 4. The molecule has 0 unspecified atom stereocenters. The molecule has 0 radical (unpaired) electrons. The van der Waals surface area contributed by atoms with Gasteiger partial charge in [-0.3, -0.25) is 0 Å². The molecule has 1 aromatic heterocycles. The number of amides is 2. The lowest BCUT2D eigenvalue weighted by molar-refractivity contribution is -0.146. The molecule has 20 heavy (non-hydrogen) atoms. The molecule has 2 amide bonds. The zero-order valence-corrected chi connectivity index (χ0v) is 11.4. The number of urea groups is 1. The van der Waals surface area contributed by atoms with E-state index in [1.807, 2.05) is 0 Å². The Balaban J connectivity index is 1.91. The van der Waals surface area contributed by atoms with Gasteiger partial charge in [-0.2, -0.15) is 0 Å². The van der Waals surface area contributed by atoms with Crippen molar-refractivity contribution in [1.29, 1.82) is 0 Å². The van der Waals surface area contributed by atoms with E-state index in [-0.39, 0.29) is 6.54 Å². The topological polar surface area (TPSA) is 104 Å². The van der Waals surface area contributed by atoms with Crippen LogP contribution in [0.2, 0.25) is 0 Å². The predicted octanol–water partition coefficient (Wildman–Crippen LogP) is 1.51. The van der Waals surface area contributed by atoms with E-state index in [2.05, 4.69) is 27.2 Å². The second-order valence-corrected chi connectivity index (χ2v) is 5.37. The molecule has 110 valence electrons. The molecule has 0 aromatic carbocycles. The van der Waals surface area contributed by atoms with E-state index in [0.717, 1.165) is 12.8 Å². The fourth-order valence-corrected chi connectivity index (χ4v) is 2.41. The molecule has 0 aliphatic heterocycles. The lowest BCUT2D eigenvalue weighted by Gasteiger charge is -2.36. The van der Waals surface area contributed by atoms with Gasteiger partial charge in [0.05, 0.1) is 6.54 Å². The minimum absolute atomic E-state index is 0.203. The van der Waals surface area contributed by atoms with E-state index in [9.17, 15) is 14.7 Å². The summed E-state index contributed by atoms with van der Waals surface area (Å²) in [5.74, 6) is -0.469. The van der Waals surface area contributed by atoms with Crippen LogP contribution in [0.25, 0.3) is 0 Å². The zero-order valence-electron chi connectivity index (χ0n) is 11.4. The molecule has 1 heterocycles. The summed E-state index contributed by atoms with van der Waals surface area (Å²) in [5, 5.41) is 18.3. The van der Waals surface area contributed by atoms with Crippen molar-refractivity contribution in [3.63, 3.8) is 0 Å². The number of carbonyl (C=O) groups excluding carboxylic acids is 1. The molecule has 7 nitrogen and oxygen atoms in total. The molecular weight excluding hydrogens is 262 g/mol. The molecule has 1 fully saturated rings. The summed E-state index contributed by atoms with van der Waals surface area (Å²) < 4.78 is 4.65. The Morgan fingerprint density at radius 2 is 2.20 bits per heavy atom. The van der Waals surface area contributed by atoms with Gasteiger partial charge in [0.25, 0.3) is 0 Å². The van der Waals surface area contributed by atoms with Crippen LogP contribution in [0.1, 0.15) is 38.3 Å². The maximum Gasteiger partial charge on any atom is 0.329 e. The van der Waals surface area contributed by atoms with Gasteiger partial charge in [-0.15, -0.1) is 0 Å². The first-order chi connectivity index (χ1) is 9.52. The van der Waals surface area contributed by atoms with Crippen molar-refractivity contribution >= 4 is 12.0 Å². The standard InChI is InChI=1S/C13H19N3O4/c1-9-2-5-13(6-3-9,11(17)18)15-12(19)14-8-10-4-7-20-16-10/h4,7,9H,2-3,5-6,8H2,1H3,(H,17,18)(H2,14,15,19). The molecule has 0 atom stereocenters. The Kier molecular flexibility index (Phi) is 4.26. The Morgan fingerprint density at radius 1 is 1.50 bits per heavy atom. The van der Waals surface area contributed by atoms with Crippen molar-refractivity contribution < 1.29 is 19.2 Å². The fraction of sp³-hybridized carbons (Fsp3) is 0.615. The number of aliphatic carboxylic acids is 1. The van der Waals surface area contributed by atoms with Crippen molar-refractivity contribution in [1.82, 2.24) is 15.8 Å². The molecule has 1 aliphatic carbocycles. The SMILES string of the molecule is CC1CCC(NC(=O)NCc2ccon2)(C(=O)O)CC1. The largest absolute Gasteiger partial charge is 0.480 e. The lowest BCUT2D eigenvalue weighted by Crippen LogP contribution is -2.58. The van der Waals surface area contributed by atoms with Crippen LogP contribution >= 0.6 is 0 Å². The molecule has 0 spiro atoms. The highest BCUT2D eigenvalue weighted by atomic mass is 16.5. The molecular formula is C13H19N3O4. The Labute approximate surface area is 116 Å². The van der Waals surface area contributed by atoms with Crippen molar-refractivity contribution in [2.75, 3.05) is 0 Å². The van der Waals surface area contributed by atoms with Gasteiger partial charge in [0.2, 0.25) is 0 Å². The summed E-state index contributed by atoms with van der Waals surface area (Å²) in [5.41, 5.74) is -0.567. The first kappa shape index (κ1) is 14.4. The van der Waals surface area contributed by atoms with Crippen molar-refractivity contribution in [2.45, 2.75) is 44.7 Å². The van der Waals surface area contributed by atoms with E-state index in [4.69, 9.17) is 0 Å². The van der Waals surface area contributed by atoms with Gasteiger partial charge in [-0.1, -0.05) is 12.1 Å². The number of nitrogens with zero attached hydrogens (tertiary/aromatic N) is 1. The van der Waals surface area contributed by atoms with Gasteiger partial charge in [-0.05, 0) is 31.6 Å². The minimum Gasteiger partial charge on any atom is -0.480 e. The van der Waals surface area contributed by atoms with Crippen molar-refractivity contribution in [3.05, 3.63) is 18.0 Å². The molecule has 0 bridgehead atoms. The average molecular weight is 281 g/mol. The summed E-state index contributed by atoms with van der Waals surface area (Å²) >= 11 is 0. The maximum atomic E-state index is 11.9. The molecule has 1 saturated carbocycles. The number of carboxylic acid groups (broad SMARTS) is 1. The van der Waals surface area contributed by atoms with E-state index >= 15 is 0 Å². The quantitative estimate of drug-likeness (QED) is 0.776. The van der Waals surface area contributed by atoms with Gasteiger partial charge < -0.3 is 20.3 Å². The first-order valence-corrected chi connectivity index (χ1v) is 6.70. The van der Waals surface area contributed by atoms with Gasteiger partial charge >= 0.3 is 12.0 Å². The van der Waals surface area contributed by atoms with Crippen LogP contribution in [0.5, 0.6) is 0 Å². The van der Waals surface area contributed by atoms with E-state index in [1.54, 1.807) is 6.07 Å². The second kappa shape index (κ2) is 5.94. The summed E-state index contributed by atoms with van der Waals surface area (Å²) in [6.07, 6.45) is 3.93. The zero-order chi connectivity index (χ0) is 14.6. The van der Waals surface area contributed by atoms with Gasteiger partial charge in [-0.25, -0.2) is 9.59 Å². The maximum absolute atomic E-state index is 11.9. The molecule has 0 saturated heterocycles. The number of carbonyl (C=O) groups is 2. The summed E-state index contributed by atoms with van der Waals surface area (Å²) in [4.78, 5) is 23.3. The lowest BCUT2D eigenvalue weighted by atomic mass is 9.77. The highest BCUT2D eigenvalue weighted by molar-refractivity contribution is 5.86. The molecule has 2 rings (SSSR count). The van der Waals surface area contributed by atoms with Crippen molar-refractivity contribution in [2.24, 2.45) is 5.92 Å². The second-order valence-electron chi connectivity index (χ2n) is 5.37. The Morgan fingerprint density at radius 3 is 2.75 bits per heavy atom. The molecule has 3 N–H and O–H groups in total. The smallest absolute Gasteiger partial charge is 0.329 e. The summed E-state index contributed by atoms with van der Waals surface area (Å²) in [6, 6.07) is 1.14. The highest BCUT2D eigenvalue weighted by Gasteiger charge is 2.42. The van der Waals surface area contributed by atoms with Crippen molar-refractivity contribution in [3.8, 4) is 0 Å². The third kappa shape index (κ3) is 3.28. The number of hydrogen-bond donors (Lipinski definition) is 3. The number of carboxylic acids is 1. The Bertz CT molecular complexity index is 464. The van der Waals surface area contributed by atoms with Crippen LogP contribution in [0, 0.1) is 5.92 Å². The molecule has 7 heteroatoms. The van der Waals surface area contributed by atoms with Crippen LogP contribution in [0.3, 0.4) is 0 Å². The summed E-state index contributed by atoms with van der Waals surface area (Å²) in [6.45, 7) is 2.30. The number of nitrogens with one attached hydrogen (secondary N) is 2. The third-order valence-corrected chi connectivity index (χ3v) is 3.81. The van der Waals surface area contributed by atoms with Gasteiger partial charge in [0.1, 0.15) is 17.5 Å². The fourth-order valence-electron chi connectivity index (χ4n) is 2.41. The van der Waals surface area contributed by atoms with E-state index < -0.39 is 17.5 Å².